The lowest BCUT2D eigenvalue weighted by molar-refractivity contribution is -0.122. The van der Waals surface area contributed by atoms with E-state index in [2.05, 4.69) is 0 Å². The van der Waals surface area contributed by atoms with E-state index in [9.17, 15) is 9.59 Å². The summed E-state index contributed by atoms with van der Waals surface area (Å²) in [5.41, 5.74) is 6.08. The molecule has 2 N–H and O–H groups in total. The predicted octanol–water partition coefficient (Wildman–Crippen LogP) is 2.34. The van der Waals surface area contributed by atoms with Gasteiger partial charge in [-0.2, -0.15) is 0 Å². The van der Waals surface area contributed by atoms with E-state index in [0.717, 1.165) is 22.2 Å². The van der Waals surface area contributed by atoms with Gasteiger partial charge in [0, 0.05) is 18.1 Å². The Morgan fingerprint density at radius 3 is 2.72 bits per heavy atom. The molecule has 0 spiro atoms. The van der Waals surface area contributed by atoms with E-state index >= 15 is 0 Å². The van der Waals surface area contributed by atoms with Gasteiger partial charge in [-0.3, -0.25) is 14.5 Å². The van der Waals surface area contributed by atoms with Gasteiger partial charge in [0.05, 0.1) is 4.91 Å². The second-order valence-corrected chi connectivity index (χ2v) is 5.04. The van der Waals surface area contributed by atoms with Crippen molar-refractivity contribution in [2.75, 3.05) is 13.1 Å². The normalized spacial score (nSPS) is 17.9. The molecule has 1 aliphatic rings. The minimum atomic E-state index is -0.310. The van der Waals surface area contributed by atoms with Crippen LogP contribution in [0.3, 0.4) is 0 Å². The molecule has 1 saturated heterocycles. The summed E-state index contributed by atoms with van der Waals surface area (Å²) in [4.78, 5) is 25.1. The van der Waals surface area contributed by atoms with E-state index in [-0.39, 0.29) is 24.2 Å². The van der Waals surface area contributed by atoms with Crippen LogP contribution in [0.1, 0.15) is 5.56 Å². The number of halogens is 1. The van der Waals surface area contributed by atoms with Crippen molar-refractivity contribution in [2.24, 2.45) is 5.73 Å². The molecular formula is C12H11ClN2O2S. The number of nitrogens with two attached hydrogens (primary N) is 1. The number of thioether (sulfide) groups is 1. The summed E-state index contributed by atoms with van der Waals surface area (Å²) >= 11 is 6.91. The van der Waals surface area contributed by atoms with Gasteiger partial charge >= 0.3 is 0 Å². The summed E-state index contributed by atoms with van der Waals surface area (Å²) in [6, 6.07) is 7.15. The summed E-state index contributed by atoms with van der Waals surface area (Å²) in [5.74, 6) is -0.310. The maximum Gasteiger partial charge on any atom is 0.293 e. The van der Waals surface area contributed by atoms with Gasteiger partial charge < -0.3 is 5.73 Å². The molecule has 1 aromatic rings. The molecule has 4 nitrogen and oxygen atoms in total. The molecule has 0 saturated carbocycles. The number of hydrogen-bond acceptors (Lipinski definition) is 4. The zero-order chi connectivity index (χ0) is 13.1. The van der Waals surface area contributed by atoms with Crippen molar-refractivity contribution >= 4 is 40.6 Å². The fourth-order valence-electron chi connectivity index (χ4n) is 1.56. The van der Waals surface area contributed by atoms with Crippen molar-refractivity contribution in [1.82, 2.24) is 4.90 Å². The molecular weight excluding hydrogens is 272 g/mol. The highest BCUT2D eigenvalue weighted by Gasteiger charge is 2.34. The Kier molecular flexibility index (Phi) is 4.06. The van der Waals surface area contributed by atoms with Gasteiger partial charge in [0.25, 0.3) is 11.1 Å². The summed E-state index contributed by atoms with van der Waals surface area (Å²) in [5, 5.41) is 0.256. The molecule has 18 heavy (non-hydrogen) atoms. The van der Waals surface area contributed by atoms with Crippen LogP contribution in [0, 0.1) is 0 Å². The van der Waals surface area contributed by atoms with Crippen molar-refractivity contribution < 1.29 is 9.59 Å². The van der Waals surface area contributed by atoms with Crippen molar-refractivity contribution in [3.8, 4) is 0 Å². The average Bonchev–Trinajstić information content (AvgIpc) is 2.60. The number of carbonyl (C=O) groups is 2. The van der Waals surface area contributed by atoms with E-state index < -0.39 is 0 Å². The number of benzene rings is 1. The van der Waals surface area contributed by atoms with Crippen molar-refractivity contribution in [3.05, 3.63) is 39.8 Å². The molecule has 0 unspecified atom stereocenters. The van der Waals surface area contributed by atoms with Crippen LogP contribution in [-0.2, 0) is 4.79 Å². The van der Waals surface area contributed by atoms with Crippen LogP contribution in [-0.4, -0.2) is 29.1 Å². The number of carbonyl (C=O) groups excluding carboxylic acids is 2. The molecule has 6 heteroatoms. The van der Waals surface area contributed by atoms with E-state index in [0.29, 0.717) is 9.93 Å². The molecule has 1 fully saturated rings. The lowest BCUT2D eigenvalue weighted by atomic mass is 10.2. The van der Waals surface area contributed by atoms with Gasteiger partial charge in [0.15, 0.2) is 0 Å². The van der Waals surface area contributed by atoms with E-state index in [1.807, 2.05) is 6.07 Å². The third-order valence-electron chi connectivity index (χ3n) is 2.42. The Morgan fingerprint density at radius 1 is 1.33 bits per heavy atom. The highest BCUT2D eigenvalue weighted by molar-refractivity contribution is 8.18. The highest BCUT2D eigenvalue weighted by atomic mass is 35.5. The monoisotopic (exact) mass is 282 g/mol. The van der Waals surface area contributed by atoms with Crippen LogP contribution in [0.2, 0.25) is 5.02 Å². The quantitative estimate of drug-likeness (QED) is 0.864. The molecule has 1 heterocycles. The van der Waals surface area contributed by atoms with E-state index in [1.165, 1.54) is 0 Å². The molecule has 0 aliphatic carbocycles. The molecule has 1 aliphatic heterocycles. The van der Waals surface area contributed by atoms with Crippen molar-refractivity contribution in [1.29, 1.82) is 0 Å². The molecule has 2 rings (SSSR count). The number of imide groups is 1. The zero-order valence-electron chi connectivity index (χ0n) is 9.43. The maximum absolute atomic E-state index is 11.9. The van der Waals surface area contributed by atoms with Crippen LogP contribution in [0.15, 0.2) is 29.2 Å². The largest absolute Gasteiger partial charge is 0.329 e. The predicted molar refractivity (Wildman–Crippen MR) is 73.2 cm³/mol. The van der Waals surface area contributed by atoms with Crippen LogP contribution in [0.4, 0.5) is 4.79 Å². The Labute approximate surface area is 114 Å². The third kappa shape index (κ3) is 2.58. The summed E-state index contributed by atoms with van der Waals surface area (Å²) in [6.07, 6.45) is 1.63. The van der Waals surface area contributed by atoms with Crippen LogP contribution in [0.25, 0.3) is 6.08 Å². The van der Waals surface area contributed by atoms with Gasteiger partial charge in [0.2, 0.25) is 0 Å². The van der Waals surface area contributed by atoms with Crippen LogP contribution >= 0.6 is 23.4 Å². The number of hydrogen-bond donors (Lipinski definition) is 1. The van der Waals surface area contributed by atoms with Gasteiger partial charge in [-0.05, 0) is 29.5 Å². The van der Waals surface area contributed by atoms with E-state index in [1.54, 1.807) is 24.3 Å². The second kappa shape index (κ2) is 5.56. The highest BCUT2D eigenvalue weighted by Crippen LogP contribution is 2.32. The Bertz CT molecular complexity index is 531. The number of nitrogens with zero attached hydrogens (tertiary/aromatic N) is 1. The number of rotatable bonds is 3. The fourth-order valence-corrected chi connectivity index (χ4v) is 2.60. The molecule has 0 aromatic heterocycles. The van der Waals surface area contributed by atoms with Crippen molar-refractivity contribution in [3.63, 3.8) is 0 Å². The average molecular weight is 283 g/mol. The third-order valence-corrected chi connectivity index (χ3v) is 3.67. The molecule has 94 valence electrons. The summed E-state index contributed by atoms with van der Waals surface area (Å²) in [6.45, 7) is 0.502. The lowest BCUT2D eigenvalue weighted by Gasteiger charge is -2.09. The molecule has 1 aromatic carbocycles. The lowest BCUT2D eigenvalue weighted by Crippen LogP contribution is -2.33. The Morgan fingerprint density at radius 2 is 2.06 bits per heavy atom. The minimum Gasteiger partial charge on any atom is -0.329 e. The second-order valence-electron chi connectivity index (χ2n) is 3.64. The smallest absolute Gasteiger partial charge is 0.293 e. The number of amides is 2. The zero-order valence-corrected chi connectivity index (χ0v) is 11.0. The Balaban J connectivity index is 2.28. The molecule has 0 bridgehead atoms. The first-order valence-corrected chi connectivity index (χ1v) is 6.53. The van der Waals surface area contributed by atoms with Gasteiger partial charge in [-0.15, -0.1) is 0 Å². The first kappa shape index (κ1) is 13.1. The van der Waals surface area contributed by atoms with Crippen LogP contribution < -0.4 is 5.73 Å². The van der Waals surface area contributed by atoms with E-state index in [4.69, 9.17) is 17.3 Å². The standard InChI is InChI=1S/C12H11ClN2O2S/c13-9-4-2-1-3-8(9)7-10-11(16)15(6-5-14)12(17)18-10/h1-4,7H,5-6,14H2/b10-7+. The van der Waals surface area contributed by atoms with Crippen molar-refractivity contribution in [2.45, 2.75) is 0 Å². The topological polar surface area (TPSA) is 63.4 Å². The fraction of sp³-hybridized carbons (Fsp3) is 0.167. The molecule has 0 atom stereocenters. The Hall–Kier alpha value is -1.30. The SMILES string of the molecule is NCCN1C(=O)S/C(=C/c2ccccc2Cl)C1=O. The first-order valence-electron chi connectivity index (χ1n) is 5.33. The molecule has 0 radical (unpaired) electrons. The van der Waals surface area contributed by atoms with Gasteiger partial charge in [-0.1, -0.05) is 29.8 Å². The van der Waals surface area contributed by atoms with Gasteiger partial charge in [0.1, 0.15) is 0 Å². The minimum absolute atomic E-state index is 0.241. The maximum atomic E-state index is 11.9. The van der Waals surface area contributed by atoms with Crippen LogP contribution in [0.5, 0.6) is 0 Å². The summed E-state index contributed by atoms with van der Waals surface area (Å²) < 4.78 is 0. The van der Waals surface area contributed by atoms with Gasteiger partial charge in [-0.25, -0.2) is 0 Å². The molecule has 2 amide bonds. The first-order chi connectivity index (χ1) is 8.63. The summed E-state index contributed by atoms with van der Waals surface area (Å²) in [7, 11) is 0.